The average Bonchev–Trinajstić information content (AvgIpc) is 2.34. The van der Waals surface area contributed by atoms with Gasteiger partial charge in [0, 0.05) is 8.95 Å². The monoisotopic (exact) mass is 383 g/mol. The molecule has 3 nitrogen and oxygen atoms in total. The summed E-state index contributed by atoms with van der Waals surface area (Å²) in [6.45, 7) is 0. The second kappa shape index (κ2) is 6.21. The molecule has 2 aromatic rings. The Balaban J connectivity index is 2.07. The van der Waals surface area contributed by atoms with Crippen LogP contribution in [-0.4, -0.2) is 11.0 Å². The summed E-state index contributed by atoms with van der Waals surface area (Å²) in [7, 11) is 0. The van der Waals surface area contributed by atoms with E-state index in [0.717, 1.165) is 14.5 Å². The van der Waals surface area contributed by atoms with Crippen molar-refractivity contribution in [1.82, 2.24) is 0 Å². The minimum atomic E-state index is -0.135. The van der Waals surface area contributed by atoms with Crippen LogP contribution in [-0.2, 0) is 11.2 Å². The van der Waals surface area contributed by atoms with E-state index in [0.29, 0.717) is 5.69 Å². The van der Waals surface area contributed by atoms with Crippen LogP contribution in [0.4, 0.5) is 5.69 Å². The Morgan fingerprint density at radius 2 is 1.95 bits per heavy atom. The Labute approximate surface area is 127 Å². The lowest BCUT2D eigenvalue weighted by Gasteiger charge is -2.08. The second-order valence-electron chi connectivity index (χ2n) is 4.02. The van der Waals surface area contributed by atoms with E-state index in [2.05, 4.69) is 37.2 Å². The van der Waals surface area contributed by atoms with Crippen LogP contribution in [0.3, 0.4) is 0 Å². The summed E-state index contributed by atoms with van der Waals surface area (Å²) in [6, 6.07) is 12.2. The third kappa shape index (κ3) is 4.08. The summed E-state index contributed by atoms with van der Waals surface area (Å²) < 4.78 is 1.71. The number of hydrogen-bond donors (Lipinski definition) is 2. The van der Waals surface area contributed by atoms with Gasteiger partial charge in [-0.1, -0.05) is 28.1 Å². The van der Waals surface area contributed by atoms with Crippen molar-refractivity contribution in [3.05, 3.63) is 57.0 Å². The number of phenols is 1. The molecule has 0 saturated carbocycles. The second-order valence-corrected chi connectivity index (χ2v) is 5.79. The number of benzene rings is 2. The fraction of sp³-hybridized carbons (Fsp3) is 0.0714. The molecule has 2 N–H and O–H groups in total. The maximum atomic E-state index is 11.9. The van der Waals surface area contributed by atoms with Crippen LogP contribution in [0.5, 0.6) is 5.75 Å². The molecule has 1 amide bonds. The van der Waals surface area contributed by atoms with Crippen molar-refractivity contribution in [3.63, 3.8) is 0 Å². The van der Waals surface area contributed by atoms with Crippen molar-refractivity contribution < 1.29 is 9.90 Å². The van der Waals surface area contributed by atoms with Crippen LogP contribution in [0.2, 0.25) is 0 Å². The molecule has 0 bridgehead atoms. The van der Waals surface area contributed by atoms with Gasteiger partial charge in [0.15, 0.2) is 0 Å². The molecule has 0 atom stereocenters. The smallest absolute Gasteiger partial charge is 0.228 e. The van der Waals surface area contributed by atoms with E-state index in [9.17, 15) is 9.90 Å². The minimum Gasteiger partial charge on any atom is -0.508 e. The number of carbonyl (C=O) groups is 1. The molecule has 0 radical (unpaired) electrons. The first-order valence-electron chi connectivity index (χ1n) is 5.57. The van der Waals surface area contributed by atoms with E-state index in [1.807, 2.05) is 18.2 Å². The first kappa shape index (κ1) is 14.1. The number of hydrogen-bond acceptors (Lipinski definition) is 2. The normalized spacial score (nSPS) is 10.2. The minimum absolute atomic E-state index is 0.135. The Hall–Kier alpha value is -1.33. The van der Waals surface area contributed by atoms with Crippen molar-refractivity contribution in [2.24, 2.45) is 0 Å². The standard InChI is InChI=1S/C14H11Br2NO2/c15-10-4-5-12(16)13(8-10)17-14(19)7-9-2-1-3-11(18)6-9/h1-6,8,18H,7H2,(H,17,19). The van der Waals surface area contributed by atoms with Gasteiger partial charge in [0.05, 0.1) is 12.1 Å². The SMILES string of the molecule is O=C(Cc1cccc(O)c1)Nc1cc(Br)ccc1Br. The van der Waals surface area contributed by atoms with E-state index < -0.39 is 0 Å². The van der Waals surface area contributed by atoms with Crippen LogP contribution < -0.4 is 5.32 Å². The largest absolute Gasteiger partial charge is 0.508 e. The molecule has 0 aliphatic carbocycles. The Morgan fingerprint density at radius 1 is 1.16 bits per heavy atom. The van der Waals surface area contributed by atoms with Crippen LogP contribution in [0.15, 0.2) is 51.4 Å². The Kier molecular flexibility index (Phi) is 4.61. The molecule has 0 heterocycles. The van der Waals surface area contributed by atoms with E-state index in [1.165, 1.54) is 0 Å². The molecule has 0 fully saturated rings. The predicted octanol–water partition coefficient (Wildman–Crippen LogP) is 4.10. The highest BCUT2D eigenvalue weighted by Gasteiger charge is 2.07. The van der Waals surface area contributed by atoms with Crippen molar-refractivity contribution in [1.29, 1.82) is 0 Å². The van der Waals surface area contributed by atoms with Crippen molar-refractivity contribution >= 4 is 43.5 Å². The number of aromatic hydroxyl groups is 1. The zero-order valence-corrected chi connectivity index (χ0v) is 13.0. The van der Waals surface area contributed by atoms with Crippen LogP contribution in [0, 0.1) is 0 Å². The highest BCUT2D eigenvalue weighted by molar-refractivity contribution is 9.11. The summed E-state index contributed by atoms with van der Waals surface area (Å²) in [6.07, 6.45) is 0.216. The quantitative estimate of drug-likeness (QED) is 0.836. The van der Waals surface area contributed by atoms with Crippen molar-refractivity contribution in [2.45, 2.75) is 6.42 Å². The number of halogens is 2. The number of amides is 1. The number of anilines is 1. The zero-order chi connectivity index (χ0) is 13.8. The molecule has 0 aliphatic heterocycles. The maximum absolute atomic E-state index is 11.9. The van der Waals surface area contributed by atoms with Crippen LogP contribution in [0.1, 0.15) is 5.56 Å². The van der Waals surface area contributed by atoms with Crippen LogP contribution in [0.25, 0.3) is 0 Å². The van der Waals surface area contributed by atoms with Gasteiger partial charge in [-0.05, 0) is 51.8 Å². The summed E-state index contributed by atoms with van der Waals surface area (Å²) in [4.78, 5) is 11.9. The van der Waals surface area contributed by atoms with Gasteiger partial charge in [0.1, 0.15) is 5.75 Å². The summed E-state index contributed by atoms with van der Waals surface area (Å²) in [5, 5.41) is 12.2. The number of nitrogens with one attached hydrogen (secondary N) is 1. The molecule has 0 aliphatic rings. The lowest BCUT2D eigenvalue weighted by atomic mass is 10.1. The van der Waals surface area contributed by atoms with Crippen LogP contribution >= 0.6 is 31.9 Å². The number of rotatable bonds is 3. The Bertz CT molecular complexity index is 614. The van der Waals surface area contributed by atoms with Crippen molar-refractivity contribution in [3.8, 4) is 5.75 Å². The van der Waals surface area contributed by atoms with E-state index in [1.54, 1.807) is 24.3 Å². The van der Waals surface area contributed by atoms with Gasteiger partial charge in [-0.3, -0.25) is 4.79 Å². The fourth-order valence-electron chi connectivity index (χ4n) is 1.64. The first-order chi connectivity index (χ1) is 9.04. The lowest BCUT2D eigenvalue weighted by molar-refractivity contribution is -0.115. The topological polar surface area (TPSA) is 49.3 Å². The molecule has 19 heavy (non-hydrogen) atoms. The zero-order valence-electron chi connectivity index (χ0n) is 9.86. The molecule has 2 rings (SSSR count). The third-order valence-electron chi connectivity index (χ3n) is 2.48. The summed E-state index contributed by atoms with van der Waals surface area (Å²) in [5.41, 5.74) is 1.48. The molecule has 0 aromatic heterocycles. The third-order valence-corrected chi connectivity index (χ3v) is 3.66. The highest BCUT2D eigenvalue weighted by atomic mass is 79.9. The number of phenolic OH excluding ortho intramolecular Hbond substituents is 1. The van der Waals surface area contributed by atoms with Gasteiger partial charge in [-0.25, -0.2) is 0 Å². The van der Waals surface area contributed by atoms with E-state index >= 15 is 0 Å². The molecule has 0 saturated heterocycles. The van der Waals surface area contributed by atoms with E-state index in [4.69, 9.17) is 0 Å². The van der Waals surface area contributed by atoms with Gasteiger partial charge in [0.25, 0.3) is 0 Å². The summed E-state index contributed by atoms with van der Waals surface area (Å²) >= 11 is 6.74. The van der Waals surface area contributed by atoms with Gasteiger partial charge >= 0.3 is 0 Å². The fourth-order valence-corrected chi connectivity index (χ4v) is 2.35. The summed E-state index contributed by atoms with van der Waals surface area (Å²) in [5.74, 6) is 0.0262. The van der Waals surface area contributed by atoms with Crippen molar-refractivity contribution in [2.75, 3.05) is 5.32 Å². The molecule has 2 aromatic carbocycles. The van der Waals surface area contributed by atoms with Gasteiger partial charge in [0.2, 0.25) is 5.91 Å². The van der Waals surface area contributed by atoms with E-state index in [-0.39, 0.29) is 18.1 Å². The van der Waals surface area contributed by atoms with Gasteiger partial charge in [-0.2, -0.15) is 0 Å². The molecule has 0 unspecified atom stereocenters. The Morgan fingerprint density at radius 3 is 2.68 bits per heavy atom. The van der Waals surface area contributed by atoms with Gasteiger partial charge in [-0.15, -0.1) is 0 Å². The number of carbonyl (C=O) groups excluding carboxylic acids is 1. The molecule has 0 spiro atoms. The highest BCUT2D eigenvalue weighted by Crippen LogP contribution is 2.26. The lowest BCUT2D eigenvalue weighted by Crippen LogP contribution is -2.14. The average molecular weight is 385 g/mol. The van der Waals surface area contributed by atoms with Gasteiger partial charge < -0.3 is 10.4 Å². The molecular formula is C14H11Br2NO2. The first-order valence-corrected chi connectivity index (χ1v) is 7.16. The molecule has 5 heteroatoms. The predicted molar refractivity (Wildman–Crippen MR) is 82.3 cm³/mol. The maximum Gasteiger partial charge on any atom is 0.228 e. The molecule has 98 valence electrons. The molecular weight excluding hydrogens is 374 g/mol.